The fourth-order valence-corrected chi connectivity index (χ4v) is 1.99. The van der Waals surface area contributed by atoms with Gasteiger partial charge < -0.3 is 15.8 Å². The van der Waals surface area contributed by atoms with E-state index >= 15 is 0 Å². The summed E-state index contributed by atoms with van der Waals surface area (Å²) in [6, 6.07) is 15.7. The van der Waals surface area contributed by atoms with Gasteiger partial charge in [-0.2, -0.15) is 0 Å². The predicted octanol–water partition coefficient (Wildman–Crippen LogP) is 2.79. The van der Waals surface area contributed by atoms with Crippen molar-refractivity contribution in [1.82, 2.24) is 0 Å². The van der Waals surface area contributed by atoms with Crippen LogP contribution in [0.3, 0.4) is 0 Å². The number of benzene rings is 2. The third kappa shape index (κ3) is 2.46. The van der Waals surface area contributed by atoms with Gasteiger partial charge in [0, 0.05) is 18.3 Å². The maximum Gasteiger partial charge on any atom is 0.123 e. The second kappa shape index (κ2) is 5.56. The SMILES string of the molecule is CNc1cccc(C(N)c2ccccc2OC)c1. The van der Waals surface area contributed by atoms with Crippen LogP contribution in [0.4, 0.5) is 5.69 Å². The molecule has 0 bridgehead atoms. The molecule has 0 aromatic heterocycles. The van der Waals surface area contributed by atoms with Crippen LogP contribution in [-0.2, 0) is 0 Å². The monoisotopic (exact) mass is 242 g/mol. The second-order valence-electron chi connectivity index (χ2n) is 4.10. The molecule has 1 atom stereocenters. The molecule has 3 heteroatoms. The number of rotatable bonds is 4. The summed E-state index contributed by atoms with van der Waals surface area (Å²) in [5.41, 5.74) is 9.42. The number of hydrogen-bond donors (Lipinski definition) is 2. The van der Waals surface area contributed by atoms with Crippen molar-refractivity contribution < 1.29 is 4.74 Å². The Morgan fingerprint density at radius 2 is 1.89 bits per heavy atom. The first kappa shape index (κ1) is 12.5. The van der Waals surface area contributed by atoms with Crippen LogP contribution in [-0.4, -0.2) is 14.2 Å². The van der Waals surface area contributed by atoms with E-state index < -0.39 is 0 Å². The summed E-state index contributed by atoms with van der Waals surface area (Å²) in [4.78, 5) is 0. The van der Waals surface area contributed by atoms with E-state index in [0.29, 0.717) is 0 Å². The minimum Gasteiger partial charge on any atom is -0.496 e. The highest BCUT2D eigenvalue weighted by Gasteiger charge is 2.13. The Morgan fingerprint density at radius 1 is 1.11 bits per heavy atom. The smallest absolute Gasteiger partial charge is 0.123 e. The molecular formula is C15H18N2O. The Labute approximate surface area is 108 Å². The normalized spacial score (nSPS) is 11.9. The average molecular weight is 242 g/mol. The molecule has 0 aliphatic rings. The van der Waals surface area contributed by atoms with Gasteiger partial charge in [-0.25, -0.2) is 0 Å². The molecule has 2 aromatic rings. The van der Waals surface area contributed by atoms with Crippen molar-refractivity contribution in [3.63, 3.8) is 0 Å². The Hall–Kier alpha value is -2.00. The zero-order valence-electron chi connectivity index (χ0n) is 10.7. The van der Waals surface area contributed by atoms with Gasteiger partial charge in [0.2, 0.25) is 0 Å². The topological polar surface area (TPSA) is 47.3 Å². The maximum atomic E-state index is 6.31. The van der Waals surface area contributed by atoms with Gasteiger partial charge in [-0.15, -0.1) is 0 Å². The van der Waals surface area contributed by atoms with Crippen LogP contribution in [0.15, 0.2) is 48.5 Å². The summed E-state index contributed by atoms with van der Waals surface area (Å²) in [5, 5.41) is 3.12. The van der Waals surface area contributed by atoms with Crippen molar-refractivity contribution in [2.75, 3.05) is 19.5 Å². The molecule has 94 valence electrons. The molecule has 0 aliphatic carbocycles. The molecule has 3 N–H and O–H groups in total. The lowest BCUT2D eigenvalue weighted by Crippen LogP contribution is -2.13. The van der Waals surface area contributed by atoms with E-state index in [-0.39, 0.29) is 6.04 Å². The summed E-state index contributed by atoms with van der Waals surface area (Å²) in [6.45, 7) is 0. The number of hydrogen-bond acceptors (Lipinski definition) is 3. The summed E-state index contributed by atoms with van der Waals surface area (Å²) in [7, 11) is 3.56. The van der Waals surface area contributed by atoms with Crippen molar-refractivity contribution in [3.8, 4) is 5.75 Å². The van der Waals surface area contributed by atoms with E-state index in [1.807, 2.05) is 49.5 Å². The zero-order valence-corrected chi connectivity index (χ0v) is 10.7. The number of nitrogens with one attached hydrogen (secondary N) is 1. The molecule has 2 aromatic carbocycles. The number of ether oxygens (including phenoxy) is 1. The third-order valence-electron chi connectivity index (χ3n) is 3.01. The summed E-state index contributed by atoms with van der Waals surface area (Å²) in [6.07, 6.45) is 0. The molecule has 0 aliphatic heterocycles. The Bertz CT molecular complexity index is 525. The first-order valence-electron chi connectivity index (χ1n) is 5.92. The Morgan fingerprint density at radius 3 is 2.61 bits per heavy atom. The molecule has 2 rings (SSSR count). The molecule has 0 heterocycles. The van der Waals surface area contributed by atoms with Crippen molar-refractivity contribution in [3.05, 3.63) is 59.7 Å². The van der Waals surface area contributed by atoms with E-state index in [2.05, 4.69) is 11.4 Å². The van der Waals surface area contributed by atoms with Gasteiger partial charge in [0.15, 0.2) is 0 Å². The molecule has 18 heavy (non-hydrogen) atoms. The van der Waals surface area contributed by atoms with Gasteiger partial charge in [-0.3, -0.25) is 0 Å². The van der Waals surface area contributed by atoms with E-state index in [9.17, 15) is 0 Å². The van der Waals surface area contributed by atoms with Crippen LogP contribution in [0.5, 0.6) is 5.75 Å². The molecule has 0 fully saturated rings. The van der Waals surface area contributed by atoms with Gasteiger partial charge >= 0.3 is 0 Å². The fraction of sp³-hybridized carbons (Fsp3) is 0.200. The number of nitrogens with two attached hydrogens (primary N) is 1. The molecular weight excluding hydrogens is 224 g/mol. The molecule has 0 amide bonds. The second-order valence-corrected chi connectivity index (χ2v) is 4.10. The quantitative estimate of drug-likeness (QED) is 0.866. The van der Waals surface area contributed by atoms with E-state index in [1.54, 1.807) is 7.11 Å². The number of methoxy groups -OCH3 is 1. The Kier molecular flexibility index (Phi) is 3.85. The van der Waals surface area contributed by atoms with Crippen molar-refractivity contribution in [2.45, 2.75) is 6.04 Å². The van der Waals surface area contributed by atoms with Crippen LogP contribution in [0.2, 0.25) is 0 Å². The largest absolute Gasteiger partial charge is 0.496 e. The van der Waals surface area contributed by atoms with Crippen molar-refractivity contribution in [1.29, 1.82) is 0 Å². The average Bonchev–Trinajstić information content (AvgIpc) is 2.46. The fourth-order valence-electron chi connectivity index (χ4n) is 1.99. The standard InChI is InChI=1S/C15H18N2O/c1-17-12-7-5-6-11(10-12)15(16)13-8-3-4-9-14(13)18-2/h3-10,15,17H,16H2,1-2H3. The summed E-state index contributed by atoms with van der Waals surface area (Å²) in [5.74, 6) is 0.819. The summed E-state index contributed by atoms with van der Waals surface area (Å²) < 4.78 is 5.35. The lowest BCUT2D eigenvalue weighted by molar-refractivity contribution is 0.408. The van der Waals surface area contributed by atoms with Gasteiger partial charge in [-0.05, 0) is 23.8 Å². The van der Waals surface area contributed by atoms with Gasteiger partial charge in [-0.1, -0.05) is 30.3 Å². The van der Waals surface area contributed by atoms with Crippen LogP contribution >= 0.6 is 0 Å². The predicted molar refractivity (Wildman–Crippen MR) is 75.0 cm³/mol. The highest BCUT2D eigenvalue weighted by atomic mass is 16.5. The van der Waals surface area contributed by atoms with Crippen LogP contribution < -0.4 is 15.8 Å². The first-order valence-corrected chi connectivity index (χ1v) is 5.92. The molecule has 0 saturated heterocycles. The highest BCUT2D eigenvalue weighted by molar-refractivity contribution is 5.49. The minimum absolute atomic E-state index is 0.186. The van der Waals surface area contributed by atoms with Crippen molar-refractivity contribution in [2.24, 2.45) is 5.73 Å². The number of anilines is 1. The third-order valence-corrected chi connectivity index (χ3v) is 3.01. The zero-order chi connectivity index (χ0) is 13.0. The highest BCUT2D eigenvalue weighted by Crippen LogP contribution is 2.28. The maximum absolute atomic E-state index is 6.31. The van der Waals surface area contributed by atoms with Crippen molar-refractivity contribution >= 4 is 5.69 Å². The molecule has 0 saturated carbocycles. The minimum atomic E-state index is -0.186. The van der Waals surface area contributed by atoms with Gasteiger partial charge in [0.05, 0.1) is 13.2 Å². The van der Waals surface area contributed by atoms with Crippen LogP contribution in [0.25, 0.3) is 0 Å². The van der Waals surface area contributed by atoms with E-state index in [1.165, 1.54) is 0 Å². The first-order chi connectivity index (χ1) is 8.76. The van der Waals surface area contributed by atoms with E-state index in [4.69, 9.17) is 10.5 Å². The van der Waals surface area contributed by atoms with Gasteiger partial charge in [0.25, 0.3) is 0 Å². The molecule has 1 unspecified atom stereocenters. The molecule has 0 radical (unpaired) electrons. The van der Waals surface area contributed by atoms with Gasteiger partial charge in [0.1, 0.15) is 5.75 Å². The van der Waals surface area contributed by atoms with Crippen LogP contribution in [0.1, 0.15) is 17.2 Å². The van der Waals surface area contributed by atoms with E-state index in [0.717, 1.165) is 22.6 Å². The Balaban J connectivity index is 2.37. The lowest BCUT2D eigenvalue weighted by Gasteiger charge is -2.16. The molecule has 0 spiro atoms. The summed E-state index contributed by atoms with van der Waals surface area (Å²) >= 11 is 0. The number of para-hydroxylation sites is 1. The lowest BCUT2D eigenvalue weighted by atomic mass is 9.98. The molecule has 3 nitrogen and oxygen atoms in total. The van der Waals surface area contributed by atoms with Crippen LogP contribution in [0, 0.1) is 0 Å².